The van der Waals surface area contributed by atoms with E-state index in [0.717, 1.165) is 5.69 Å². The number of nitrogens with one attached hydrogen (secondary N) is 1. The molecule has 1 rings (SSSR count). The van der Waals surface area contributed by atoms with Gasteiger partial charge >= 0.3 is 0 Å². The second-order valence-corrected chi connectivity index (χ2v) is 4.25. The van der Waals surface area contributed by atoms with Crippen molar-refractivity contribution in [2.24, 2.45) is 10.8 Å². The summed E-state index contributed by atoms with van der Waals surface area (Å²) in [5, 5.41) is 3.93. The summed E-state index contributed by atoms with van der Waals surface area (Å²) >= 11 is 6.32. The van der Waals surface area contributed by atoms with E-state index in [9.17, 15) is 0 Å². The van der Waals surface area contributed by atoms with E-state index in [1.165, 1.54) is 11.8 Å². The van der Waals surface area contributed by atoms with E-state index in [1.807, 2.05) is 25.3 Å². The summed E-state index contributed by atoms with van der Waals surface area (Å²) < 4.78 is 0.575. The Morgan fingerprint density at radius 2 is 2.33 bits per heavy atom. The number of aromatic nitrogens is 1. The molecular weight excluding hydrogens is 228 g/mol. The Morgan fingerprint density at radius 3 is 2.93 bits per heavy atom. The highest BCUT2D eigenvalue weighted by atomic mass is 32.2. The maximum absolute atomic E-state index is 5.72. The smallest absolute Gasteiger partial charge is 0.169 e. The normalized spacial score (nSPS) is 11.2. The standard InChI is InChI=1S/C9H12N4S2/c1-6-4-3-5-7(11-6)8(10)12-13-9(14)15-2/h3-5H,1-2H3,(H2,10,12)(H,13,14). The fraction of sp³-hybridized carbons (Fsp3) is 0.222. The third-order valence-electron chi connectivity index (χ3n) is 1.60. The fourth-order valence-corrected chi connectivity index (χ4v) is 1.08. The monoisotopic (exact) mass is 240 g/mol. The van der Waals surface area contributed by atoms with Crippen molar-refractivity contribution in [3.8, 4) is 0 Å². The largest absolute Gasteiger partial charge is 0.380 e. The van der Waals surface area contributed by atoms with Gasteiger partial charge in [-0.3, -0.25) is 5.43 Å². The molecule has 0 radical (unpaired) electrons. The van der Waals surface area contributed by atoms with Crippen molar-refractivity contribution in [2.75, 3.05) is 6.26 Å². The van der Waals surface area contributed by atoms with Crippen molar-refractivity contribution < 1.29 is 0 Å². The lowest BCUT2D eigenvalue weighted by atomic mass is 10.3. The van der Waals surface area contributed by atoms with Gasteiger partial charge in [-0.2, -0.15) is 5.10 Å². The van der Waals surface area contributed by atoms with Gasteiger partial charge in [-0.05, 0) is 25.3 Å². The summed E-state index contributed by atoms with van der Waals surface area (Å²) in [6, 6.07) is 5.58. The highest BCUT2D eigenvalue weighted by molar-refractivity contribution is 8.22. The first-order chi connectivity index (χ1) is 7.13. The highest BCUT2D eigenvalue weighted by Gasteiger charge is 2.00. The molecule has 80 valence electrons. The summed E-state index contributed by atoms with van der Waals surface area (Å²) in [6.07, 6.45) is 1.87. The molecule has 0 atom stereocenters. The van der Waals surface area contributed by atoms with Crippen LogP contribution in [0, 0.1) is 6.92 Å². The summed E-state index contributed by atoms with van der Waals surface area (Å²) in [6.45, 7) is 1.90. The van der Waals surface area contributed by atoms with Gasteiger partial charge in [0.05, 0.1) is 0 Å². The Balaban J connectivity index is 2.75. The van der Waals surface area contributed by atoms with Crippen LogP contribution in [-0.2, 0) is 0 Å². The van der Waals surface area contributed by atoms with Crippen LogP contribution in [0.2, 0.25) is 0 Å². The lowest BCUT2D eigenvalue weighted by Crippen LogP contribution is -2.22. The minimum absolute atomic E-state index is 0.329. The van der Waals surface area contributed by atoms with E-state index in [2.05, 4.69) is 15.5 Å². The van der Waals surface area contributed by atoms with E-state index < -0.39 is 0 Å². The van der Waals surface area contributed by atoms with Gasteiger partial charge in [0, 0.05) is 5.69 Å². The van der Waals surface area contributed by atoms with Crippen LogP contribution in [-0.4, -0.2) is 21.4 Å². The minimum atomic E-state index is 0.329. The Hall–Kier alpha value is -1.14. The van der Waals surface area contributed by atoms with Crippen molar-refractivity contribution in [1.29, 1.82) is 0 Å². The molecule has 0 spiro atoms. The molecule has 0 aromatic carbocycles. The van der Waals surface area contributed by atoms with Gasteiger partial charge in [0.2, 0.25) is 0 Å². The average molecular weight is 240 g/mol. The van der Waals surface area contributed by atoms with Crippen LogP contribution in [0.4, 0.5) is 0 Å². The fourth-order valence-electron chi connectivity index (χ4n) is 0.894. The molecule has 0 aliphatic heterocycles. The van der Waals surface area contributed by atoms with Crippen LogP contribution in [0.15, 0.2) is 23.3 Å². The van der Waals surface area contributed by atoms with Crippen molar-refractivity contribution in [3.05, 3.63) is 29.6 Å². The number of nitrogens with two attached hydrogens (primary N) is 1. The number of nitrogens with zero attached hydrogens (tertiary/aromatic N) is 2. The van der Waals surface area contributed by atoms with Gasteiger partial charge in [-0.1, -0.05) is 30.0 Å². The van der Waals surface area contributed by atoms with Crippen LogP contribution < -0.4 is 11.2 Å². The molecule has 0 fully saturated rings. The van der Waals surface area contributed by atoms with Crippen LogP contribution >= 0.6 is 24.0 Å². The van der Waals surface area contributed by atoms with E-state index in [1.54, 1.807) is 6.07 Å². The quantitative estimate of drug-likeness (QED) is 0.352. The molecular formula is C9H12N4S2. The molecule has 0 aliphatic carbocycles. The molecule has 0 amide bonds. The van der Waals surface area contributed by atoms with Gasteiger partial charge in [0.15, 0.2) is 10.2 Å². The summed E-state index contributed by atoms with van der Waals surface area (Å²) in [5.74, 6) is 0.329. The zero-order valence-corrected chi connectivity index (χ0v) is 10.2. The number of thioether (sulfide) groups is 1. The second kappa shape index (κ2) is 5.67. The predicted molar refractivity (Wildman–Crippen MR) is 68.9 cm³/mol. The number of amidine groups is 1. The molecule has 15 heavy (non-hydrogen) atoms. The first-order valence-electron chi connectivity index (χ1n) is 4.24. The SMILES string of the molecule is CSC(=S)N/N=C(\N)c1cccc(C)n1. The maximum Gasteiger partial charge on any atom is 0.169 e. The molecule has 0 bridgehead atoms. The van der Waals surface area contributed by atoms with Gasteiger partial charge < -0.3 is 5.73 Å². The Labute approximate surface area is 98.3 Å². The van der Waals surface area contributed by atoms with Crippen LogP contribution in [0.1, 0.15) is 11.4 Å². The maximum atomic E-state index is 5.72. The van der Waals surface area contributed by atoms with Crippen molar-refractivity contribution >= 4 is 34.1 Å². The minimum Gasteiger partial charge on any atom is -0.380 e. The lowest BCUT2D eigenvalue weighted by molar-refractivity contribution is 1.04. The molecule has 6 heteroatoms. The summed E-state index contributed by atoms with van der Waals surface area (Å²) in [5.41, 5.74) is 9.94. The van der Waals surface area contributed by atoms with E-state index >= 15 is 0 Å². The molecule has 0 aliphatic rings. The zero-order chi connectivity index (χ0) is 11.3. The van der Waals surface area contributed by atoms with Gasteiger partial charge in [0.1, 0.15) is 5.69 Å². The number of pyridine rings is 1. The second-order valence-electron chi connectivity index (χ2n) is 2.76. The van der Waals surface area contributed by atoms with Gasteiger partial charge in [0.25, 0.3) is 0 Å². The summed E-state index contributed by atoms with van der Waals surface area (Å²) in [7, 11) is 0. The van der Waals surface area contributed by atoms with E-state index in [0.29, 0.717) is 15.9 Å². The van der Waals surface area contributed by atoms with Crippen molar-refractivity contribution in [2.45, 2.75) is 6.92 Å². The third kappa shape index (κ3) is 3.85. The number of hydrazone groups is 1. The Morgan fingerprint density at radius 1 is 1.60 bits per heavy atom. The van der Waals surface area contributed by atoms with Gasteiger partial charge in [-0.25, -0.2) is 4.98 Å². The molecule has 3 N–H and O–H groups in total. The number of thiocarbonyl (C=S) groups is 1. The highest BCUT2D eigenvalue weighted by Crippen LogP contribution is 1.98. The molecule has 0 saturated heterocycles. The Bertz CT molecular complexity index is 389. The molecule has 1 aromatic heterocycles. The first kappa shape index (κ1) is 11.9. The molecule has 1 heterocycles. The van der Waals surface area contributed by atoms with E-state index in [-0.39, 0.29) is 0 Å². The van der Waals surface area contributed by atoms with Crippen LogP contribution in [0.3, 0.4) is 0 Å². The summed E-state index contributed by atoms with van der Waals surface area (Å²) in [4.78, 5) is 4.23. The number of hydrogen-bond donors (Lipinski definition) is 2. The van der Waals surface area contributed by atoms with Crippen molar-refractivity contribution in [3.63, 3.8) is 0 Å². The zero-order valence-electron chi connectivity index (χ0n) is 8.52. The molecule has 0 unspecified atom stereocenters. The lowest BCUT2D eigenvalue weighted by Gasteiger charge is -2.02. The van der Waals surface area contributed by atoms with E-state index in [4.69, 9.17) is 18.0 Å². The first-order valence-corrected chi connectivity index (χ1v) is 5.88. The topological polar surface area (TPSA) is 63.3 Å². The predicted octanol–water partition coefficient (Wildman–Crippen LogP) is 1.25. The number of hydrogen-bond acceptors (Lipinski definition) is 4. The average Bonchev–Trinajstić information content (AvgIpc) is 2.25. The van der Waals surface area contributed by atoms with Gasteiger partial charge in [-0.15, -0.1) is 0 Å². The molecule has 0 saturated carbocycles. The Kier molecular flexibility index (Phi) is 4.51. The third-order valence-corrected chi connectivity index (χ3v) is 2.66. The number of rotatable bonds is 2. The molecule has 4 nitrogen and oxygen atoms in total. The number of aryl methyl sites for hydroxylation is 1. The van der Waals surface area contributed by atoms with Crippen LogP contribution in [0.5, 0.6) is 0 Å². The van der Waals surface area contributed by atoms with Crippen LogP contribution in [0.25, 0.3) is 0 Å². The van der Waals surface area contributed by atoms with Crippen molar-refractivity contribution in [1.82, 2.24) is 10.4 Å². The molecule has 1 aromatic rings.